The quantitative estimate of drug-likeness (QED) is 0.686. The highest BCUT2D eigenvalue weighted by Gasteiger charge is 2.33. The molecule has 0 bridgehead atoms. The van der Waals surface area contributed by atoms with Gasteiger partial charge in [-0.3, -0.25) is 0 Å². The lowest BCUT2D eigenvalue weighted by atomic mass is 10.2. The number of hydrogen-bond donors (Lipinski definition) is 2. The zero-order chi connectivity index (χ0) is 10.3. The summed E-state index contributed by atoms with van der Waals surface area (Å²) >= 11 is 0. The van der Waals surface area contributed by atoms with Gasteiger partial charge in [-0.05, 0) is 12.1 Å². The number of H-pyrrole nitrogens is 1. The van der Waals surface area contributed by atoms with Crippen LogP contribution >= 0.6 is 0 Å². The van der Waals surface area contributed by atoms with Crippen molar-refractivity contribution in [3.05, 3.63) is 23.9 Å². The van der Waals surface area contributed by atoms with E-state index >= 15 is 0 Å². The van der Waals surface area contributed by atoms with E-state index in [1.807, 2.05) is 0 Å². The fraction of sp³-hybridized carbons (Fsp3) is 0.125. The highest BCUT2D eigenvalue weighted by molar-refractivity contribution is 5.81. The molecule has 0 unspecified atom stereocenters. The Kier molecular flexibility index (Phi) is 1.67. The predicted molar refractivity (Wildman–Crippen MR) is 45.5 cm³/mol. The summed E-state index contributed by atoms with van der Waals surface area (Å²) in [4.78, 5) is 6.16. The third-order valence-electron chi connectivity index (χ3n) is 1.87. The van der Waals surface area contributed by atoms with Crippen molar-refractivity contribution in [3.8, 4) is 0 Å². The van der Waals surface area contributed by atoms with Gasteiger partial charge in [-0.1, -0.05) is 0 Å². The number of fused-ring (bicyclic) bond motifs is 1. The van der Waals surface area contributed by atoms with Crippen molar-refractivity contribution in [1.29, 1.82) is 0 Å². The van der Waals surface area contributed by atoms with Gasteiger partial charge in [0.15, 0.2) is 0 Å². The minimum absolute atomic E-state index is 0.0340. The minimum Gasteiger partial charge on any atom is -0.384 e. The van der Waals surface area contributed by atoms with Crippen LogP contribution < -0.4 is 5.73 Å². The first-order valence-corrected chi connectivity index (χ1v) is 3.79. The Morgan fingerprint density at radius 2 is 2.00 bits per heavy atom. The van der Waals surface area contributed by atoms with Crippen LogP contribution in [0.4, 0.5) is 19.0 Å². The summed E-state index contributed by atoms with van der Waals surface area (Å²) in [5.74, 6) is 0.188. The van der Waals surface area contributed by atoms with Crippen LogP contribution in [0.25, 0.3) is 11.0 Å². The third kappa shape index (κ3) is 1.28. The fourth-order valence-corrected chi connectivity index (χ4v) is 1.25. The van der Waals surface area contributed by atoms with Gasteiger partial charge in [0.25, 0.3) is 0 Å². The van der Waals surface area contributed by atoms with Crippen molar-refractivity contribution in [2.45, 2.75) is 6.18 Å². The molecular formula is C8H6F3N3. The normalized spacial score (nSPS) is 12.2. The van der Waals surface area contributed by atoms with Crippen molar-refractivity contribution in [1.82, 2.24) is 9.97 Å². The fourth-order valence-electron chi connectivity index (χ4n) is 1.25. The van der Waals surface area contributed by atoms with Crippen molar-refractivity contribution >= 4 is 16.9 Å². The molecule has 0 saturated carbocycles. The Bertz CT molecular complexity index is 472. The van der Waals surface area contributed by atoms with E-state index in [0.29, 0.717) is 0 Å². The van der Waals surface area contributed by atoms with E-state index in [0.717, 1.165) is 6.20 Å². The van der Waals surface area contributed by atoms with E-state index in [4.69, 9.17) is 5.73 Å². The monoisotopic (exact) mass is 201 g/mol. The van der Waals surface area contributed by atoms with E-state index in [2.05, 4.69) is 9.97 Å². The molecule has 3 N–H and O–H groups in total. The van der Waals surface area contributed by atoms with Crippen LogP contribution in [0, 0.1) is 0 Å². The van der Waals surface area contributed by atoms with Crippen molar-refractivity contribution in [2.75, 3.05) is 5.73 Å². The highest BCUT2D eigenvalue weighted by Crippen LogP contribution is 2.34. The number of rotatable bonds is 0. The number of aromatic nitrogens is 2. The van der Waals surface area contributed by atoms with Crippen LogP contribution in [0.1, 0.15) is 5.56 Å². The molecule has 2 rings (SSSR count). The van der Waals surface area contributed by atoms with Gasteiger partial charge in [0.2, 0.25) is 0 Å². The molecule has 0 radical (unpaired) electrons. The predicted octanol–water partition coefficient (Wildman–Crippen LogP) is 2.16. The molecule has 2 heterocycles. The first kappa shape index (κ1) is 8.86. The lowest BCUT2D eigenvalue weighted by molar-refractivity contribution is -0.136. The second-order valence-corrected chi connectivity index (χ2v) is 2.83. The SMILES string of the molecule is Nc1ccc2c(C(F)(F)F)c[nH]c2n1. The Morgan fingerprint density at radius 1 is 1.29 bits per heavy atom. The van der Waals surface area contributed by atoms with Gasteiger partial charge in [0.05, 0.1) is 5.56 Å². The maximum absolute atomic E-state index is 12.4. The number of halogens is 3. The van der Waals surface area contributed by atoms with E-state index in [1.54, 1.807) is 0 Å². The van der Waals surface area contributed by atoms with Gasteiger partial charge in [-0.2, -0.15) is 13.2 Å². The maximum atomic E-state index is 12.4. The molecule has 0 aliphatic carbocycles. The molecule has 3 nitrogen and oxygen atoms in total. The standard InChI is InChI=1S/C8H6F3N3/c9-8(10,11)5-3-13-7-4(5)1-2-6(12)14-7/h1-3H,(H3,12,13,14). The molecule has 2 aromatic rings. The van der Waals surface area contributed by atoms with Gasteiger partial charge >= 0.3 is 6.18 Å². The largest absolute Gasteiger partial charge is 0.418 e. The second-order valence-electron chi connectivity index (χ2n) is 2.83. The first-order valence-electron chi connectivity index (χ1n) is 3.79. The third-order valence-corrected chi connectivity index (χ3v) is 1.87. The number of pyridine rings is 1. The molecule has 0 aliphatic heterocycles. The van der Waals surface area contributed by atoms with E-state index in [1.165, 1.54) is 12.1 Å². The molecule has 0 aromatic carbocycles. The molecular weight excluding hydrogens is 195 g/mol. The molecule has 0 fully saturated rings. The van der Waals surface area contributed by atoms with Crippen LogP contribution in [-0.2, 0) is 6.18 Å². The summed E-state index contributed by atoms with van der Waals surface area (Å²) in [6.07, 6.45) is -3.48. The van der Waals surface area contributed by atoms with Gasteiger partial charge in [0.1, 0.15) is 11.5 Å². The van der Waals surface area contributed by atoms with Crippen LogP contribution in [-0.4, -0.2) is 9.97 Å². The number of nitrogens with zero attached hydrogens (tertiary/aromatic N) is 1. The first-order chi connectivity index (χ1) is 6.48. The summed E-state index contributed by atoms with van der Waals surface area (Å²) in [5, 5.41) is 0.0340. The number of nitrogen functional groups attached to an aromatic ring is 1. The van der Waals surface area contributed by atoms with Gasteiger partial charge < -0.3 is 10.7 Å². The number of nitrogens with two attached hydrogens (primary N) is 1. The molecule has 0 atom stereocenters. The molecule has 0 spiro atoms. The lowest BCUT2D eigenvalue weighted by Crippen LogP contribution is -2.03. The molecule has 0 amide bonds. The number of hydrogen-bond acceptors (Lipinski definition) is 2. The summed E-state index contributed by atoms with van der Waals surface area (Å²) in [5.41, 5.74) is 4.76. The summed E-state index contributed by atoms with van der Waals surface area (Å²) in [6.45, 7) is 0. The highest BCUT2D eigenvalue weighted by atomic mass is 19.4. The molecule has 0 aliphatic rings. The van der Waals surface area contributed by atoms with Gasteiger partial charge in [-0.15, -0.1) is 0 Å². The minimum atomic E-state index is -4.37. The number of alkyl halides is 3. The van der Waals surface area contributed by atoms with E-state index in [9.17, 15) is 13.2 Å². The van der Waals surface area contributed by atoms with Crippen LogP contribution in [0.2, 0.25) is 0 Å². The Morgan fingerprint density at radius 3 is 2.64 bits per heavy atom. The van der Waals surface area contributed by atoms with Gasteiger partial charge in [0, 0.05) is 11.6 Å². The Balaban J connectivity index is 2.70. The zero-order valence-electron chi connectivity index (χ0n) is 6.89. The van der Waals surface area contributed by atoms with Gasteiger partial charge in [-0.25, -0.2) is 4.98 Å². The topological polar surface area (TPSA) is 54.7 Å². The Hall–Kier alpha value is -1.72. The van der Waals surface area contributed by atoms with Crippen LogP contribution in [0.3, 0.4) is 0 Å². The smallest absolute Gasteiger partial charge is 0.384 e. The van der Waals surface area contributed by atoms with Crippen molar-refractivity contribution < 1.29 is 13.2 Å². The maximum Gasteiger partial charge on any atom is 0.418 e. The van der Waals surface area contributed by atoms with Crippen LogP contribution in [0.5, 0.6) is 0 Å². The Labute approximate surface area is 76.7 Å². The molecule has 6 heteroatoms. The summed E-state index contributed by atoms with van der Waals surface area (Å²) < 4.78 is 37.1. The van der Waals surface area contributed by atoms with E-state index in [-0.39, 0.29) is 16.9 Å². The molecule has 0 saturated heterocycles. The summed E-state index contributed by atoms with van der Waals surface area (Å²) in [7, 11) is 0. The lowest BCUT2D eigenvalue weighted by Gasteiger charge is -2.03. The van der Waals surface area contributed by atoms with Crippen LogP contribution in [0.15, 0.2) is 18.3 Å². The van der Waals surface area contributed by atoms with Crippen molar-refractivity contribution in [2.24, 2.45) is 0 Å². The summed E-state index contributed by atoms with van der Waals surface area (Å²) in [6, 6.07) is 2.64. The molecule has 2 aromatic heterocycles. The average molecular weight is 201 g/mol. The zero-order valence-corrected chi connectivity index (χ0v) is 6.89. The average Bonchev–Trinajstić information content (AvgIpc) is 2.45. The second kappa shape index (κ2) is 2.63. The number of anilines is 1. The number of aromatic amines is 1. The van der Waals surface area contributed by atoms with Crippen molar-refractivity contribution in [3.63, 3.8) is 0 Å². The molecule has 14 heavy (non-hydrogen) atoms. The van der Waals surface area contributed by atoms with E-state index < -0.39 is 11.7 Å². The molecule has 74 valence electrons. The number of nitrogens with one attached hydrogen (secondary N) is 1.